The van der Waals surface area contributed by atoms with Crippen molar-refractivity contribution in [2.45, 2.75) is 33.6 Å². The van der Waals surface area contributed by atoms with E-state index in [1.54, 1.807) is 7.05 Å². The van der Waals surface area contributed by atoms with E-state index in [1.807, 2.05) is 0 Å². The van der Waals surface area contributed by atoms with Crippen molar-refractivity contribution in [1.29, 1.82) is 0 Å². The number of guanidine groups is 1. The SMILES string of the molecule is CCCCOCCOCCNC(=NC)NCCN(CC)CC. The van der Waals surface area contributed by atoms with Crippen molar-refractivity contribution in [3.05, 3.63) is 0 Å². The van der Waals surface area contributed by atoms with Gasteiger partial charge < -0.3 is 25.0 Å². The largest absolute Gasteiger partial charge is 0.379 e. The summed E-state index contributed by atoms with van der Waals surface area (Å²) in [6.07, 6.45) is 2.29. The highest BCUT2D eigenvalue weighted by atomic mass is 16.5. The maximum atomic E-state index is 5.51. The zero-order valence-electron chi connectivity index (χ0n) is 15.0. The van der Waals surface area contributed by atoms with Crippen molar-refractivity contribution < 1.29 is 9.47 Å². The fourth-order valence-corrected chi connectivity index (χ4v) is 1.90. The molecule has 0 radical (unpaired) electrons. The van der Waals surface area contributed by atoms with Crippen molar-refractivity contribution in [3.8, 4) is 0 Å². The van der Waals surface area contributed by atoms with E-state index in [2.05, 4.69) is 41.3 Å². The zero-order valence-corrected chi connectivity index (χ0v) is 15.0. The molecule has 0 aromatic heterocycles. The number of nitrogens with zero attached hydrogens (tertiary/aromatic N) is 2. The lowest BCUT2D eigenvalue weighted by Crippen LogP contribution is -2.42. The van der Waals surface area contributed by atoms with Crippen LogP contribution in [0.25, 0.3) is 0 Å². The van der Waals surface area contributed by atoms with Crippen LogP contribution in [0.2, 0.25) is 0 Å². The predicted molar refractivity (Wildman–Crippen MR) is 93.7 cm³/mol. The molecular weight excluding hydrogens is 280 g/mol. The molecule has 132 valence electrons. The van der Waals surface area contributed by atoms with Gasteiger partial charge in [-0.3, -0.25) is 4.99 Å². The maximum Gasteiger partial charge on any atom is 0.191 e. The van der Waals surface area contributed by atoms with Crippen molar-refractivity contribution >= 4 is 5.96 Å². The molecule has 0 saturated heterocycles. The van der Waals surface area contributed by atoms with Gasteiger partial charge >= 0.3 is 0 Å². The van der Waals surface area contributed by atoms with E-state index in [0.29, 0.717) is 19.8 Å². The second kappa shape index (κ2) is 16.5. The summed E-state index contributed by atoms with van der Waals surface area (Å²) in [6.45, 7) is 14.2. The number of unbranched alkanes of at least 4 members (excludes halogenated alkanes) is 1. The van der Waals surface area contributed by atoms with Gasteiger partial charge in [0.1, 0.15) is 0 Å². The predicted octanol–water partition coefficient (Wildman–Crippen LogP) is 1.33. The van der Waals surface area contributed by atoms with Gasteiger partial charge in [0.15, 0.2) is 5.96 Å². The monoisotopic (exact) mass is 316 g/mol. The quantitative estimate of drug-likeness (QED) is 0.288. The Labute approximate surface area is 136 Å². The van der Waals surface area contributed by atoms with Crippen LogP contribution >= 0.6 is 0 Å². The Morgan fingerprint density at radius 2 is 1.55 bits per heavy atom. The van der Waals surface area contributed by atoms with Gasteiger partial charge in [-0.05, 0) is 19.5 Å². The number of nitrogens with one attached hydrogen (secondary N) is 2. The second-order valence-electron chi connectivity index (χ2n) is 5.03. The van der Waals surface area contributed by atoms with E-state index < -0.39 is 0 Å². The van der Waals surface area contributed by atoms with Crippen molar-refractivity contribution in [1.82, 2.24) is 15.5 Å². The highest BCUT2D eigenvalue weighted by Crippen LogP contribution is 1.87. The minimum Gasteiger partial charge on any atom is -0.379 e. The Kier molecular flexibility index (Phi) is 15.9. The second-order valence-corrected chi connectivity index (χ2v) is 5.03. The third kappa shape index (κ3) is 12.9. The molecule has 0 heterocycles. The van der Waals surface area contributed by atoms with E-state index in [-0.39, 0.29) is 0 Å². The number of ether oxygens (including phenoxy) is 2. The summed E-state index contributed by atoms with van der Waals surface area (Å²) in [7, 11) is 1.79. The van der Waals surface area contributed by atoms with Crippen LogP contribution in [0, 0.1) is 0 Å². The first kappa shape index (κ1) is 21.1. The standard InChI is InChI=1S/C16H36N4O2/c1-5-8-12-21-14-15-22-13-10-19-16(17-4)18-9-11-20(6-2)7-3/h5-15H2,1-4H3,(H2,17,18,19). The first-order valence-corrected chi connectivity index (χ1v) is 8.60. The van der Waals surface area contributed by atoms with Gasteiger partial charge in [0.25, 0.3) is 0 Å². The number of hydrogen-bond acceptors (Lipinski definition) is 4. The lowest BCUT2D eigenvalue weighted by molar-refractivity contribution is 0.0487. The molecule has 2 N–H and O–H groups in total. The van der Waals surface area contributed by atoms with Crippen LogP contribution in [0.1, 0.15) is 33.6 Å². The molecule has 6 nitrogen and oxygen atoms in total. The topological polar surface area (TPSA) is 58.1 Å². The Hall–Kier alpha value is -0.850. The van der Waals surface area contributed by atoms with Crippen molar-refractivity contribution in [3.63, 3.8) is 0 Å². The summed E-state index contributed by atoms with van der Waals surface area (Å²) in [4.78, 5) is 6.58. The molecule has 0 atom stereocenters. The summed E-state index contributed by atoms with van der Waals surface area (Å²) >= 11 is 0. The molecule has 0 rings (SSSR count). The average molecular weight is 316 g/mol. The summed E-state index contributed by atoms with van der Waals surface area (Å²) in [5.74, 6) is 0.829. The zero-order chi connectivity index (χ0) is 16.5. The Balaban J connectivity index is 3.47. The number of hydrogen-bond donors (Lipinski definition) is 2. The van der Waals surface area contributed by atoms with Crippen LogP contribution in [0.5, 0.6) is 0 Å². The molecule has 0 aromatic rings. The van der Waals surface area contributed by atoms with E-state index in [1.165, 1.54) is 6.42 Å². The van der Waals surface area contributed by atoms with E-state index >= 15 is 0 Å². The smallest absolute Gasteiger partial charge is 0.191 e. The highest BCUT2D eigenvalue weighted by Gasteiger charge is 2.00. The fraction of sp³-hybridized carbons (Fsp3) is 0.938. The Bertz CT molecular complexity index is 259. The molecule has 22 heavy (non-hydrogen) atoms. The van der Waals surface area contributed by atoms with Crippen LogP contribution in [-0.4, -0.2) is 77.1 Å². The Morgan fingerprint density at radius 1 is 0.909 bits per heavy atom. The summed E-state index contributed by atoms with van der Waals surface area (Å²) in [6, 6.07) is 0. The van der Waals surface area contributed by atoms with Gasteiger partial charge in [-0.1, -0.05) is 27.2 Å². The Morgan fingerprint density at radius 3 is 2.14 bits per heavy atom. The highest BCUT2D eigenvalue weighted by molar-refractivity contribution is 5.79. The molecule has 0 aromatic carbocycles. The molecule has 0 saturated carbocycles. The van der Waals surface area contributed by atoms with Crippen LogP contribution in [-0.2, 0) is 9.47 Å². The lowest BCUT2D eigenvalue weighted by Gasteiger charge is -2.19. The first-order valence-electron chi connectivity index (χ1n) is 8.60. The average Bonchev–Trinajstić information content (AvgIpc) is 2.55. The molecule has 0 aliphatic heterocycles. The number of aliphatic imine (C=N–C) groups is 1. The van der Waals surface area contributed by atoms with Crippen molar-refractivity contribution in [2.75, 3.05) is 66.2 Å². The third-order valence-electron chi connectivity index (χ3n) is 3.39. The van der Waals surface area contributed by atoms with Gasteiger partial charge in [-0.25, -0.2) is 0 Å². The van der Waals surface area contributed by atoms with E-state index in [4.69, 9.17) is 9.47 Å². The number of rotatable bonds is 14. The summed E-state index contributed by atoms with van der Waals surface area (Å²) in [5.41, 5.74) is 0. The molecular formula is C16H36N4O2. The molecule has 0 amide bonds. The molecule has 0 fully saturated rings. The van der Waals surface area contributed by atoms with Gasteiger partial charge in [0.05, 0.1) is 19.8 Å². The van der Waals surface area contributed by atoms with Gasteiger partial charge in [-0.15, -0.1) is 0 Å². The molecule has 0 spiro atoms. The maximum absolute atomic E-state index is 5.51. The molecule has 0 aliphatic carbocycles. The van der Waals surface area contributed by atoms with Gasteiger partial charge in [0, 0.05) is 33.3 Å². The molecule has 0 unspecified atom stereocenters. The van der Waals surface area contributed by atoms with Crippen LogP contribution in [0.3, 0.4) is 0 Å². The van der Waals surface area contributed by atoms with Crippen molar-refractivity contribution in [2.24, 2.45) is 4.99 Å². The summed E-state index contributed by atoms with van der Waals surface area (Å²) in [5, 5.41) is 6.56. The van der Waals surface area contributed by atoms with Gasteiger partial charge in [-0.2, -0.15) is 0 Å². The van der Waals surface area contributed by atoms with E-state index in [0.717, 1.165) is 51.7 Å². The number of likely N-dealkylation sites (N-methyl/N-ethyl adjacent to an activating group) is 1. The summed E-state index contributed by atoms with van der Waals surface area (Å²) < 4.78 is 10.9. The van der Waals surface area contributed by atoms with E-state index in [9.17, 15) is 0 Å². The van der Waals surface area contributed by atoms with Crippen LogP contribution in [0.15, 0.2) is 4.99 Å². The minimum atomic E-state index is 0.652. The normalized spacial score (nSPS) is 12.0. The molecule has 6 heteroatoms. The lowest BCUT2D eigenvalue weighted by atomic mass is 10.4. The van der Waals surface area contributed by atoms with Crippen LogP contribution in [0.4, 0.5) is 0 Å². The van der Waals surface area contributed by atoms with Gasteiger partial charge in [0.2, 0.25) is 0 Å². The molecule has 0 bridgehead atoms. The minimum absolute atomic E-state index is 0.652. The van der Waals surface area contributed by atoms with Crippen LogP contribution < -0.4 is 10.6 Å². The first-order chi connectivity index (χ1) is 10.8. The fourth-order valence-electron chi connectivity index (χ4n) is 1.90. The third-order valence-corrected chi connectivity index (χ3v) is 3.39. The molecule has 0 aliphatic rings.